The molecule has 0 aliphatic heterocycles. The van der Waals surface area contributed by atoms with Crippen molar-refractivity contribution < 1.29 is 31.1 Å². The Bertz CT molecular complexity index is 916. The number of hydrazine groups is 1. The zero-order valence-corrected chi connectivity index (χ0v) is 14.5. The summed E-state index contributed by atoms with van der Waals surface area (Å²) in [4.78, 5) is 12.4. The zero-order chi connectivity index (χ0) is 19.5. The average Bonchev–Trinajstić information content (AvgIpc) is 2.57. The van der Waals surface area contributed by atoms with Crippen LogP contribution in [0.3, 0.4) is 0 Å². The Kier molecular flexibility index (Phi) is 5.88. The molecule has 26 heavy (non-hydrogen) atoms. The number of amides is 1. The molecule has 0 radical (unpaired) electrons. The molecule has 0 saturated carbocycles. The molecule has 0 aromatic heterocycles. The third-order valence-electron chi connectivity index (χ3n) is 3.08. The van der Waals surface area contributed by atoms with Gasteiger partial charge in [0.25, 0.3) is 15.9 Å². The Labute approximate surface area is 148 Å². The number of rotatable bonds is 6. The van der Waals surface area contributed by atoms with E-state index in [0.29, 0.717) is 17.9 Å². The highest BCUT2D eigenvalue weighted by Crippen LogP contribution is 2.19. The number of carbonyl (C=O) groups is 1. The normalized spacial score (nSPS) is 11.5. The molecule has 140 valence electrons. The molecule has 6 nitrogen and oxygen atoms in total. The Morgan fingerprint density at radius 2 is 1.62 bits per heavy atom. The summed E-state index contributed by atoms with van der Waals surface area (Å²) in [6, 6.07) is 6.80. The molecule has 2 aromatic carbocycles. The first kappa shape index (κ1) is 19.7. The van der Waals surface area contributed by atoms with E-state index in [-0.39, 0.29) is 11.7 Å². The van der Waals surface area contributed by atoms with Gasteiger partial charge in [-0.15, -0.1) is 4.83 Å². The van der Waals surface area contributed by atoms with Gasteiger partial charge < -0.3 is 4.74 Å². The summed E-state index contributed by atoms with van der Waals surface area (Å²) in [5.41, 5.74) is 1.95. The fourth-order valence-corrected chi connectivity index (χ4v) is 2.82. The van der Waals surface area contributed by atoms with Crippen LogP contribution in [0.2, 0.25) is 0 Å². The maximum Gasteiger partial charge on any atom is 0.266 e. The third kappa shape index (κ3) is 4.52. The predicted molar refractivity (Wildman–Crippen MR) is 86.3 cm³/mol. The van der Waals surface area contributed by atoms with Gasteiger partial charge in [-0.3, -0.25) is 10.2 Å². The van der Waals surface area contributed by atoms with E-state index in [1.165, 1.54) is 24.3 Å². The summed E-state index contributed by atoms with van der Waals surface area (Å²) >= 11 is 0. The molecule has 0 bridgehead atoms. The quantitative estimate of drug-likeness (QED) is 0.588. The standard InChI is InChI=1S/C16H15F3N2O4S/c1-9(2)25-11-5-3-10(4-6-11)16(22)20-21-26(23,24)13-8-7-12(17)14(18)15(13)19/h3-9,21H,1-2H3,(H,20,22). The largest absolute Gasteiger partial charge is 0.491 e. The number of hydrogen-bond donors (Lipinski definition) is 2. The summed E-state index contributed by atoms with van der Waals surface area (Å²) in [7, 11) is -4.65. The van der Waals surface area contributed by atoms with E-state index < -0.39 is 38.3 Å². The van der Waals surface area contributed by atoms with Crippen LogP contribution in [0.15, 0.2) is 41.3 Å². The van der Waals surface area contributed by atoms with E-state index in [4.69, 9.17) is 4.74 Å². The Morgan fingerprint density at radius 1 is 1.00 bits per heavy atom. The minimum absolute atomic E-state index is 0.0625. The van der Waals surface area contributed by atoms with Crippen LogP contribution >= 0.6 is 0 Å². The number of halogens is 3. The molecule has 0 atom stereocenters. The molecule has 2 rings (SSSR count). The molecule has 0 unspecified atom stereocenters. The third-order valence-corrected chi connectivity index (χ3v) is 4.34. The van der Waals surface area contributed by atoms with Gasteiger partial charge in [0.2, 0.25) is 0 Å². The second-order valence-corrected chi connectivity index (χ2v) is 7.07. The number of ether oxygens (including phenoxy) is 1. The minimum atomic E-state index is -4.65. The van der Waals surface area contributed by atoms with Gasteiger partial charge in [-0.2, -0.15) is 0 Å². The van der Waals surface area contributed by atoms with Crippen LogP contribution in [0.5, 0.6) is 5.75 Å². The SMILES string of the molecule is CC(C)Oc1ccc(C(=O)NNS(=O)(=O)c2ccc(F)c(F)c2F)cc1. The molecule has 0 spiro atoms. The smallest absolute Gasteiger partial charge is 0.266 e. The van der Waals surface area contributed by atoms with Crippen LogP contribution in [0.4, 0.5) is 13.2 Å². The van der Waals surface area contributed by atoms with E-state index in [0.717, 1.165) is 0 Å². The first-order valence-corrected chi connectivity index (χ1v) is 8.82. The monoisotopic (exact) mass is 388 g/mol. The van der Waals surface area contributed by atoms with Gasteiger partial charge in [0.1, 0.15) is 10.6 Å². The van der Waals surface area contributed by atoms with Crippen molar-refractivity contribution in [3.8, 4) is 5.75 Å². The van der Waals surface area contributed by atoms with Crippen LogP contribution in [0.1, 0.15) is 24.2 Å². The van der Waals surface area contributed by atoms with Gasteiger partial charge in [0, 0.05) is 5.56 Å². The topological polar surface area (TPSA) is 84.5 Å². The highest BCUT2D eigenvalue weighted by Gasteiger charge is 2.24. The van der Waals surface area contributed by atoms with Crippen LogP contribution in [-0.2, 0) is 10.0 Å². The molecule has 1 amide bonds. The van der Waals surface area contributed by atoms with Gasteiger partial charge >= 0.3 is 0 Å². The highest BCUT2D eigenvalue weighted by atomic mass is 32.2. The second kappa shape index (κ2) is 7.75. The van der Waals surface area contributed by atoms with Crippen molar-refractivity contribution >= 4 is 15.9 Å². The Hall–Kier alpha value is -2.59. The summed E-state index contributed by atoms with van der Waals surface area (Å²) in [6.45, 7) is 3.65. The lowest BCUT2D eigenvalue weighted by molar-refractivity contribution is 0.0945. The Balaban J connectivity index is 2.10. The lowest BCUT2D eigenvalue weighted by Gasteiger charge is -2.11. The number of benzene rings is 2. The molecule has 0 aliphatic rings. The van der Waals surface area contributed by atoms with Crippen LogP contribution in [0, 0.1) is 17.5 Å². The van der Waals surface area contributed by atoms with E-state index >= 15 is 0 Å². The van der Waals surface area contributed by atoms with Gasteiger partial charge in [-0.25, -0.2) is 21.6 Å². The van der Waals surface area contributed by atoms with E-state index in [2.05, 4.69) is 0 Å². The van der Waals surface area contributed by atoms with E-state index in [1.807, 2.05) is 19.3 Å². The summed E-state index contributed by atoms with van der Waals surface area (Å²) < 4.78 is 69.0. The summed E-state index contributed by atoms with van der Waals surface area (Å²) in [6.07, 6.45) is -0.0625. The molecule has 0 aliphatic carbocycles. The van der Waals surface area contributed by atoms with Crippen LogP contribution in [0.25, 0.3) is 0 Å². The molecule has 2 aromatic rings. The van der Waals surface area contributed by atoms with E-state index in [9.17, 15) is 26.4 Å². The average molecular weight is 388 g/mol. The molecular weight excluding hydrogens is 373 g/mol. The second-order valence-electron chi connectivity index (χ2n) is 5.42. The minimum Gasteiger partial charge on any atom is -0.491 e. The van der Waals surface area contributed by atoms with Crippen molar-refractivity contribution in [3.05, 3.63) is 59.4 Å². The highest BCUT2D eigenvalue weighted by molar-refractivity contribution is 7.89. The van der Waals surface area contributed by atoms with Crippen molar-refractivity contribution in [1.29, 1.82) is 0 Å². The van der Waals surface area contributed by atoms with Crippen molar-refractivity contribution in [2.75, 3.05) is 0 Å². The lowest BCUT2D eigenvalue weighted by Crippen LogP contribution is -2.41. The Morgan fingerprint density at radius 3 is 2.19 bits per heavy atom. The van der Waals surface area contributed by atoms with Crippen molar-refractivity contribution in [2.24, 2.45) is 0 Å². The van der Waals surface area contributed by atoms with Crippen LogP contribution in [-0.4, -0.2) is 20.4 Å². The van der Waals surface area contributed by atoms with Gasteiger partial charge in [0.05, 0.1) is 6.10 Å². The number of nitrogens with one attached hydrogen (secondary N) is 2. The number of carbonyl (C=O) groups excluding carboxylic acids is 1. The summed E-state index contributed by atoms with van der Waals surface area (Å²) in [5.74, 6) is -5.68. The van der Waals surface area contributed by atoms with Gasteiger partial charge in [-0.05, 0) is 50.2 Å². The molecular formula is C16H15F3N2O4S. The van der Waals surface area contributed by atoms with E-state index in [1.54, 1.807) is 4.83 Å². The number of hydrogen-bond acceptors (Lipinski definition) is 4. The van der Waals surface area contributed by atoms with Crippen molar-refractivity contribution in [3.63, 3.8) is 0 Å². The fraction of sp³-hybridized carbons (Fsp3) is 0.188. The molecule has 0 saturated heterocycles. The molecule has 0 fully saturated rings. The molecule has 2 N–H and O–H groups in total. The maximum absolute atomic E-state index is 13.6. The number of sulfonamides is 1. The molecule has 10 heteroatoms. The van der Waals surface area contributed by atoms with Gasteiger partial charge in [-0.1, -0.05) is 0 Å². The first-order chi connectivity index (χ1) is 12.1. The van der Waals surface area contributed by atoms with Gasteiger partial charge in [0.15, 0.2) is 17.5 Å². The van der Waals surface area contributed by atoms with Crippen molar-refractivity contribution in [1.82, 2.24) is 10.3 Å². The molecule has 0 heterocycles. The first-order valence-electron chi connectivity index (χ1n) is 7.34. The van der Waals surface area contributed by atoms with Crippen molar-refractivity contribution in [2.45, 2.75) is 24.8 Å². The summed E-state index contributed by atoms with van der Waals surface area (Å²) in [5, 5.41) is 0. The predicted octanol–water partition coefficient (Wildman–Crippen LogP) is 2.51. The zero-order valence-electron chi connectivity index (χ0n) is 13.7. The lowest BCUT2D eigenvalue weighted by atomic mass is 10.2. The maximum atomic E-state index is 13.6. The van der Waals surface area contributed by atoms with Crippen LogP contribution < -0.4 is 15.0 Å². The fourth-order valence-electron chi connectivity index (χ4n) is 1.91.